The highest BCUT2D eigenvalue weighted by atomic mass is 16.6. The number of hydrogen-bond acceptors (Lipinski definition) is 5. The molecule has 0 amide bonds. The van der Waals surface area contributed by atoms with Crippen LogP contribution in [-0.4, -0.2) is 59.6 Å². The molecule has 1 heterocycles. The van der Waals surface area contributed by atoms with Gasteiger partial charge in [0.1, 0.15) is 24.4 Å². The van der Waals surface area contributed by atoms with Crippen molar-refractivity contribution in [2.24, 2.45) is 0 Å². The van der Waals surface area contributed by atoms with E-state index in [2.05, 4.69) is 13.0 Å². The van der Waals surface area contributed by atoms with Crippen LogP contribution in [0.2, 0.25) is 0 Å². The minimum absolute atomic E-state index is 0.245. The minimum Gasteiger partial charge on any atom is -0.394 e. The highest BCUT2D eigenvalue weighted by Crippen LogP contribution is 2.20. The van der Waals surface area contributed by atoms with E-state index in [9.17, 15) is 10.2 Å². The lowest BCUT2D eigenvalue weighted by molar-refractivity contribution is -0.0716. The lowest BCUT2D eigenvalue weighted by atomic mass is 10.1. The zero-order chi connectivity index (χ0) is 16.9. The molecule has 5 heteroatoms. The van der Waals surface area contributed by atoms with Gasteiger partial charge < -0.3 is 24.8 Å². The van der Waals surface area contributed by atoms with E-state index in [4.69, 9.17) is 14.6 Å². The second-order valence-corrected chi connectivity index (χ2v) is 6.29. The average Bonchev–Trinajstić information content (AvgIpc) is 2.93. The molecule has 1 rings (SSSR count). The van der Waals surface area contributed by atoms with Crippen molar-refractivity contribution in [3.63, 3.8) is 0 Å². The van der Waals surface area contributed by atoms with Gasteiger partial charge in [-0.1, -0.05) is 57.6 Å². The van der Waals surface area contributed by atoms with Gasteiger partial charge in [0.05, 0.1) is 19.8 Å². The average molecular weight is 330 g/mol. The predicted octanol–water partition coefficient (Wildman–Crippen LogP) is 2.18. The monoisotopic (exact) mass is 330 g/mol. The van der Waals surface area contributed by atoms with Gasteiger partial charge in [0.15, 0.2) is 0 Å². The molecule has 5 nitrogen and oxygen atoms in total. The third-order valence-corrected chi connectivity index (χ3v) is 4.28. The van der Waals surface area contributed by atoms with Gasteiger partial charge in [0, 0.05) is 0 Å². The summed E-state index contributed by atoms with van der Waals surface area (Å²) in [6.07, 6.45) is 11.2. The summed E-state index contributed by atoms with van der Waals surface area (Å²) in [5.74, 6) is 0. The van der Waals surface area contributed by atoms with Crippen molar-refractivity contribution in [1.82, 2.24) is 0 Å². The Morgan fingerprint density at radius 3 is 2.52 bits per heavy atom. The van der Waals surface area contributed by atoms with Crippen LogP contribution >= 0.6 is 0 Å². The van der Waals surface area contributed by atoms with E-state index in [1.165, 1.54) is 44.9 Å². The molecule has 0 aliphatic carbocycles. The van der Waals surface area contributed by atoms with E-state index >= 15 is 0 Å². The van der Waals surface area contributed by atoms with Gasteiger partial charge in [-0.15, -0.1) is 0 Å². The Morgan fingerprint density at radius 2 is 1.83 bits per heavy atom. The Morgan fingerprint density at radius 1 is 1.13 bits per heavy atom. The molecule has 0 spiro atoms. The Labute approximate surface area is 140 Å². The smallest absolute Gasteiger partial charge is 0.114 e. The maximum atomic E-state index is 9.97. The lowest BCUT2D eigenvalue weighted by Crippen LogP contribution is -2.41. The molecule has 0 aromatic heterocycles. The van der Waals surface area contributed by atoms with E-state index in [1.807, 2.05) is 6.08 Å². The third-order valence-electron chi connectivity index (χ3n) is 4.28. The van der Waals surface area contributed by atoms with Crippen molar-refractivity contribution < 1.29 is 24.8 Å². The van der Waals surface area contributed by atoms with Crippen LogP contribution in [0.5, 0.6) is 0 Å². The zero-order valence-electron chi connectivity index (χ0n) is 14.4. The van der Waals surface area contributed by atoms with E-state index in [0.717, 1.165) is 6.42 Å². The first-order chi connectivity index (χ1) is 11.2. The molecule has 1 fully saturated rings. The van der Waals surface area contributed by atoms with Crippen LogP contribution in [0, 0.1) is 0 Å². The molecule has 0 unspecified atom stereocenters. The Hall–Kier alpha value is -0.460. The standard InChI is InChI=1S/C18H34O5/c1-2-3-4-5-6-7-8-9-10-11-12-22-16-14-23-18(17(16)21)15(20)13-19/h10-11,15-21H,2-9,12-14H2,1H3/b11-10+/t15-,16+,17+,18+/m0/s1. The van der Waals surface area contributed by atoms with Crippen LogP contribution in [0.25, 0.3) is 0 Å². The molecule has 0 aromatic rings. The summed E-state index contributed by atoms with van der Waals surface area (Å²) in [7, 11) is 0. The van der Waals surface area contributed by atoms with Crippen LogP contribution < -0.4 is 0 Å². The SMILES string of the molecule is CCCCCCCCC/C=C/CO[C@@H]1CO[C@H]([C@@H](O)CO)[C@@H]1O. The Bertz CT molecular complexity index is 308. The lowest BCUT2D eigenvalue weighted by Gasteiger charge is -2.20. The zero-order valence-corrected chi connectivity index (χ0v) is 14.4. The first kappa shape index (κ1) is 20.6. The first-order valence-electron chi connectivity index (χ1n) is 9.05. The fraction of sp³-hybridized carbons (Fsp3) is 0.889. The van der Waals surface area contributed by atoms with Crippen LogP contribution in [-0.2, 0) is 9.47 Å². The van der Waals surface area contributed by atoms with Gasteiger partial charge in [-0.3, -0.25) is 0 Å². The van der Waals surface area contributed by atoms with Crippen LogP contribution in [0.3, 0.4) is 0 Å². The van der Waals surface area contributed by atoms with Gasteiger partial charge in [-0.25, -0.2) is 0 Å². The van der Waals surface area contributed by atoms with Crippen LogP contribution in [0.15, 0.2) is 12.2 Å². The molecule has 1 aliphatic rings. The summed E-state index contributed by atoms with van der Waals surface area (Å²) in [4.78, 5) is 0. The normalized spacial score (nSPS) is 26.2. The molecule has 0 bridgehead atoms. The van der Waals surface area contributed by atoms with Gasteiger partial charge >= 0.3 is 0 Å². The highest BCUT2D eigenvalue weighted by Gasteiger charge is 2.40. The Kier molecular flexibility index (Phi) is 11.5. The second-order valence-electron chi connectivity index (χ2n) is 6.29. The molecule has 0 aromatic carbocycles. The predicted molar refractivity (Wildman–Crippen MR) is 90.3 cm³/mol. The highest BCUT2D eigenvalue weighted by molar-refractivity contribution is 4.90. The number of hydrogen-bond donors (Lipinski definition) is 3. The fourth-order valence-corrected chi connectivity index (χ4v) is 2.79. The van der Waals surface area contributed by atoms with Gasteiger partial charge in [-0.05, 0) is 12.8 Å². The summed E-state index contributed by atoms with van der Waals surface area (Å²) < 4.78 is 10.8. The van der Waals surface area contributed by atoms with Gasteiger partial charge in [0.25, 0.3) is 0 Å². The number of unbranched alkanes of at least 4 members (excludes halogenated alkanes) is 7. The molecule has 23 heavy (non-hydrogen) atoms. The van der Waals surface area contributed by atoms with Crippen molar-refractivity contribution >= 4 is 0 Å². The second kappa shape index (κ2) is 12.9. The summed E-state index contributed by atoms with van der Waals surface area (Å²) in [5.41, 5.74) is 0. The van der Waals surface area contributed by atoms with E-state index in [1.54, 1.807) is 0 Å². The molecule has 136 valence electrons. The molecule has 3 N–H and O–H groups in total. The van der Waals surface area contributed by atoms with Crippen molar-refractivity contribution in [2.45, 2.75) is 82.7 Å². The number of aliphatic hydroxyl groups excluding tert-OH is 3. The largest absolute Gasteiger partial charge is 0.394 e. The van der Waals surface area contributed by atoms with E-state index in [0.29, 0.717) is 6.61 Å². The number of ether oxygens (including phenoxy) is 2. The van der Waals surface area contributed by atoms with Crippen molar-refractivity contribution in [2.75, 3.05) is 19.8 Å². The molecule has 1 saturated heterocycles. The topological polar surface area (TPSA) is 79.2 Å². The number of aliphatic hydroxyl groups is 3. The van der Waals surface area contributed by atoms with Crippen LogP contribution in [0.1, 0.15) is 58.3 Å². The van der Waals surface area contributed by atoms with Gasteiger partial charge in [0.2, 0.25) is 0 Å². The number of rotatable bonds is 13. The summed E-state index contributed by atoms with van der Waals surface area (Å²) in [5, 5.41) is 28.4. The van der Waals surface area contributed by atoms with Crippen molar-refractivity contribution in [1.29, 1.82) is 0 Å². The van der Waals surface area contributed by atoms with E-state index < -0.39 is 31.0 Å². The summed E-state index contributed by atoms with van der Waals surface area (Å²) >= 11 is 0. The molecule has 0 saturated carbocycles. The third kappa shape index (κ3) is 8.27. The van der Waals surface area contributed by atoms with E-state index in [-0.39, 0.29) is 6.61 Å². The summed E-state index contributed by atoms with van der Waals surface area (Å²) in [6.45, 7) is 2.49. The van der Waals surface area contributed by atoms with Gasteiger partial charge in [-0.2, -0.15) is 0 Å². The van der Waals surface area contributed by atoms with Crippen molar-refractivity contribution in [3.05, 3.63) is 12.2 Å². The molecule has 0 radical (unpaired) electrons. The van der Waals surface area contributed by atoms with Crippen LogP contribution in [0.4, 0.5) is 0 Å². The fourth-order valence-electron chi connectivity index (χ4n) is 2.79. The first-order valence-corrected chi connectivity index (χ1v) is 9.05. The Balaban J connectivity index is 2.00. The van der Waals surface area contributed by atoms with Crippen molar-refractivity contribution in [3.8, 4) is 0 Å². The molecule has 1 aliphatic heterocycles. The maximum absolute atomic E-state index is 9.97. The minimum atomic E-state index is -1.06. The molecule has 4 atom stereocenters. The quantitative estimate of drug-likeness (QED) is 0.356. The maximum Gasteiger partial charge on any atom is 0.114 e. The molecular formula is C18H34O5. The molecular weight excluding hydrogens is 296 g/mol. The number of allylic oxidation sites excluding steroid dienone is 1. The summed E-state index contributed by atoms with van der Waals surface area (Å²) in [6, 6.07) is 0.